The number of imidazole rings is 2. The fraction of sp³-hybridized carbons (Fsp3) is 0.271. The van der Waals surface area contributed by atoms with Gasteiger partial charge in [-0.25, -0.2) is 24.1 Å². The first-order valence-electron chi connectivity index (χ1n) is 27.8. The largest absolute Gasteiger partial charge is 0.388 e. The summed E-state index contributed by atoms with van der Waals surface area (Å²) in [4.78, 5) is 66.9. The summed E-state index contributed by atoms with van der Waals surface area (Å²) in [5.74, 6) is -0.900. The van der Waals surface area contributed by atoms with Gasteiger partial charge in [0.05, 0.1) is 73.0 Å². The van der Waals surface area contributed by atoms with Crippen LogP contribution in [0.3, 0.4) is 0 Å². The van der Waals surface area contributed by atoms with Crippen LogP contribution in [0.1, 0.15) is 59.0 Å². The zero-order valence-corrected chi connectivity index (χ0v) is 45.8. The number of carbonyl (C=O) groups excluding carboxylic acids is 3. The second-order valence-electron chi connectivity index (χ2n) is 21.1. The van der Waals surface area contributed by atoms with Crippen LogP contribution in [-0.2, 0) is 9.59 Å². The Morgan fingerprint density at radius 1 is 0.500 bits per heavy atom. The molecule has 4 amide bonds. The molecule has 440 valence electrons. The maximum atomic E-state index is 13.8. The van der Waals surface area contributed by atoms with Crippen molar-refractivity contribution in [3.05, 3.63) is 181 Å². The highest BCUT2D eigenvalue weighted by Crippen LogP contribution is 2.37. The summed E-state index contributed by atoms with van der Waals surface area (Å²) in [6.45, 7) is -0.848. The summed E-state index contributed by atoms with van der Waals surface area (Å²) in [5.41, 5.74) is 5.91. The Morgan fingerprint density at radius 2 is 0.860 bits per heavy atom. The number of fused-ring (bicyclic) bond motifs is 2. The van der Waals surface area contributed by atoms with Crippen molar-refractivity contribution in [1.82, 2.24) is 69.2 Å². The second kappa shape index (κ2) is 24.7. The van der Waals surface area contributed by atoms with Gasteiger partial charge in [0, 0.05) is 24.9 Å². The van der Waals surface area contributed by atoms with E-state index in [1.165, 1.54) is 46.8 Å². The lowest BCUT2D eigenvalue weighted by atomic mass is 9.91. The predicted octanol–water partition coefficient (Wildman–Crippen LogP) is 2.76. The average Bonchev–Trinajstić information content (AvgIpc) is 3.77. The highest BCUT2D eigenvalue weighted by Gasteiger charge is 2.45. The number of anilines is 4. The lowest BCUT2D eigenvalue weighted by Crippen LogP contribution is -2.44. The molecule has 4 aromatic carbocycles. The first kappa shape index (κ1) is 56.5. The zero-order valence-electron chi connectivity index (χ0n) is 45.8. The molecule has 2 saturated carbocycles. The number of nitrogens with zero attached hydrogens (tertiary/aromatic N) is 12. The molecule has 2 aliphatic carbocycles. The van der Waals surface area contributed by atoms with Gasteiger partial charge in [-0.15, -0.1) is 0 Å². The van der Waals surface area contributed by atoms with Crippen molar-refractivity contribution < 1.29 is 45.0 Å². The van der Waals surface area contributed by atoms with Crippen LogP contribution in [-0.4, -0.2) is 170 Å². The van der Waals surface area contributed by atoms with Crippen molar-refractivity contribution in [2.24, 2.45) is 0 Å². The number of nitrogens with one attached hydrogen (secondary N) is 6. The van der Waals surface area contributed by atoms with Crippen molar-refractivity contribution in [2.75, 3.05) is 47.6 Å². The first-order valence-corrected chi connectivity index (χ1v) is 27.8. The topological polar surface area (TPSA) is 368 Å². The standard InChI is InChI=1S/C59H60N18O9/c78-29-45(80)68-41-21-43(51(84)49(41)82)74-31-62-47-53(60-25-39(33-13-5-1-6-14-33)34-15-7-2-8-16-34)70-57(72-55(47)74)76-27-37(23-64-76)66-59(86)67-38-24-65-77(28-38)58-71-54(61-26-40(35-17-9-3-10-18-35)36-19-11-4-12-20-36)48-56(73-58)75(32-63-48)44-22-42(50(83)52(44)85)69-46(81)30-79/h1-20,23-24,27-28,31-32,39-44,49-52,78-79,82-85H,21-22,25-26,29-30H2,(H,68,80)(H,69,81)(H,60,70,72)(H,61,71,73)(H2,66,67,86)/t41-,42-,43+,44+,49+,50+,51-,52-/m1/s1. The van der Waals surface area contributed by atoms with E-state index in [1.54, 1.807) is 9.13 Å². The normalized spacial score (nSPS) is 20.2. The van der Waals surface area contributed by atoms with Gasteiger partial charge in [-0.1, -0.05) is 121 Å². The molecule has 12 rings (SSSR count). The molecular weight excluding hydrogens is 1100 g/mol. The van der Waals surface area contributed by atoms with Crippen LogP contribution < -0.4 is 31.9 Å². The Labute approximate surface area is 489 Å². The quantitative estimate of drug-likeness (QED) is 0.0522. The highest BCUT2D eigenvalue weighted by atomic mass is 16.3. The van der Waals surface area contributed by atoms with Crippen LogP contribution in [0.15, 0.2) is 159 Å². The molecule has 8 atom stereocenters. The number of urea groups is 1. The van der Waals surface area contributed by atoms with Crippen molar-refractivity contribution in [3.63, 3.8) is 0 Å². The Bertz CT molecular complexity index is 3660. The summed E-state index contributed by atoms with van der Waals surface area (Å²) in [6, 6.07) is 35.9. The predicted molar refractivity (Wildman–Crippen MR) is 313 cm³/mol. The van der Waals surface area contributed by atoms with Gasteiger partial charge < -0.3 is 71.7 Å². The van der Waals surface area contributed by atoms with Crippen molar-refractivity contribution in [1.29, 1.82) is 0 Å². The van der Waals surface area contributed by atoms with Gasteiger partial charge in [0.15, 0.2) is 34.0 Å². The molecule has 27 nitrogen and oxygen atoms in total. The van der Waals surface area contributed by atoms with Crippen LogP contribution in [0, 0.1) is 0 Å². The minimum atomic E-state index is -1.36. The summed E-state index contributed by atoms with van der Waals surface area (Å²) >= 11 is 0. The van der Waals surface area contributed by atoms with E-state index in [2.05, 4.69) is 52.1 Å². The molecule has 0 aliphatic heterocycles. The number of rotatable bonds is 20. The maximum absolute atomic E-state index is 13.8. The minimum absolute atomic E-state index is 0.0559. The molecule has 0 radical (unpaired) electrons. The van der Waals surface area contributed by atoms with Gasteiger partial charge in [0.25, 0.3) is 11.9 Å². The molecule has 2 aliphatic rings. The Kier molecular flexibility index (Phi) is 16.2. The zero-order chi connectivity index (χ0) is 59.4. The van der Waals surface area contributed by atoms with Crippen LogP contribution >= 0.6 is 0 Å². The van der Waals surface area contributed by atoms with Crippen LogP contribution in [0.4, 0.5) is 27.8 Å². The fourth-order valence-electron chi connectivity index (χ4n) is 11.4. The molecule has 86 heavy (non-hydrogen) atoms. The average molecular weight is 1170 g/mol. The Morgan fingerprint density at radius 3 is 1.21 bits per heavy atom. The maximum Gasteiger partial charge on any atom is 0.323 e. The number of benzene rings is 4. The van der Waals surface area contributed by atoms with E-state index in [0.29, 0.717) is 35.8 Å². The van der Waals surface area contributed by atoms with E-state index in [4.69, 9.17) is 19.9 Å². The highest BCUT2D eigenvalue weighted by molar-refractivity contribution is 5.99. The van der Waals surface area contributed by atoms with Gasteiger partial charge in [0.1, 0.15) is 37.6 Å². The second-order valence-corrected chi connectivity index (χ2v) is 21.1. The van der Waals surface area contributed by atoms with Crippen LogP contribution in [0.5, 0.6) is 0 Å². The van der Waals surface area contributed by atoms with Crippen molar-refractivity contribution >= 4 is 63.2 Å². The smallest absolute Gasteiger partial charge is 0.323 e. The number of hydrogen-bond acceptors (Lipinski definition) is 19. The summed E-state index contributed by atoms with van der Waals surface area (Å²) in [7, 11) is 0. The molecule has 6 heterocycles. The van der Waals surface area contributed by atoms with Crippen LogP contribution in [0.2, 0.25) is 0 Å². The van der Waals surface area contributed by atoms with Gasteiger partial charge >= 0.3 is 6.03 Å². The van der Waals surface area contributed by atoms with E-state index >= 15 is 0 Å². The summed E-state index contributed by atoms with van der Waals surface area (Å²) < 4.78 is 5.93. The van der Waals surface area contributed by atoms with Crippen LogP contribution in [0.25, 0.3) is 34.2 Å². The monoisotopic (exact) mass is 1160 g/mol. The Hall–Kier alpha value is -10.0. The molecule has 0 spiro atoms. The molecule has 27 heteroatoms. The lowest BCUT2D eigenvalue weighted by Gasteiger charge is -2.20. The SMILES string of the molecule is O=C(CO)N[C@@H]1C[C@H](n2cnc3c(NCC(c4ccccc4)c4ccccc4)nc(-n4cc(NC(=O)Nc5cnn(-c6nc(NCC(c7ccccc7)c7ccccc7)c7ncn([C@H]8C[C@@H](NC(=O)CO)[C@H](O)[C@@H]8O)c7n6)c5)cn4)nc32)[C@@H](O)[C@H]1O. The number of hydrogen-bond donors (Lipinski definition) is 12. The van der Waals surface area contributed by atoms with Gasteiger partial charge in [-0.3, -0.25) is 9.59 Å². The molecule has 10 aromatic rings. The number of aromatic nitrogens is 12. The van der Waals surface area contributed by atoms with E-state index in [9.17, 15) is 45.0 Å². The molecular formula is C59H60N18O9. The lowest BCUT2D eigenvalue weighted by molar-refractivity contribution is -0.126. The minimum Gasteiger partial charge on any atom is -0.388 e. The third-order valence-electron chi connectivity index (χ3n) is 15.7. The molecule has 12 N–H and O–H groups in total. The molecule has 0 bridgehead atoms. The van der Waals surface area contributed by atoms with E-state index in [0.717, 1.165) is 22.3 Å². The Balaban J connectivity index is 0.816. The molecule has 6 aromatic heterocycles. The molecule has 2 fully saturated rings. The first-order chi connectivity index (χ1) is 41.9. The fourth-order valence-corrected chi connectivity index (χ4v) is 11.4. The van der Waals surface area contributed by atoms with Crippen molar-refractivity contribution in [3.8, 4) is 11.9 Å². The number of amides is 4. The summed E-state index contributed by atoms with van der Waals surface area (Å²) in [6.07, 6.45) is 3.51. The van der Waals surface area contributed by atoms with Crippen molar-refractivity contribution in [2.45, 2.75) is 73.3 Å². The van der Waals surface area contributed by atoms with Gasteiger partial charge in [-0.05, 0) is 35.1 Å². The van der Waals surface area contributed by atoms with E-state index in [1.807, 2.05) is 121 Å². The van der Waals surface area contributed by atoms with Gasteiger partial charge in [-0.2, -0.15) is 30.1 Å². The number of aliphatic hydroxyl groups excluding tert-OH is 6. The van der Waals surface area contributed by atoms with Gasteiger partial charge in [0.2, 0.25) is 11.8 Å². The number of aliphatic hydroxyl groups is 6. The third-order valence-corrected chi connectivity index (χ3v) is 15.7. The number of carbonyl (C=O) groups is 3. The van der Waals surface area contributed by atoms with E-state index < -0.39 is 79.6 Å². The molecule has 0 saturated heterocycles. The molecule has 0 unspecified atom stereocenters. The third kappa shape index (κ3) is 11.6. The van der Waals surface area contributed by atoms with E-state index in [-0.39, 0.29) is 59.2 Å². The summed E-state index contributed by atoms with van der Waals surface area (Å²) in [5, 5.41) is 90.2.